The lowest BCUT2D eigenvalue weighted by Crippen LogP contribution is -2.12. The Hall–Kier alpha value is -3.16. The van der Waals surface area contributed by atoms with Crippen LogP contribution in [0.2, 0.25) is 5.02 Å². The lowest BCUT2D eigenvalue weighted by atomic mass is 9.97. The van der Waals surface area contributed by atoms with E-state index in [1.54, 1.807) is 24.5 Å². The van der Waals surface area contributed by atoms with E-state index in [1.807, 2.05) is 30.3 Å². The summed E-state index contributed by atoms with van der Waals surface area (Å²) < 4.78 is 27.7. The van der Waals surface area contributed by atoms with Gasteiger partial charge in [0, 0.05) is 35.1 Å². The Morgan fingerprint density at radius 1 is 1.03 bits per heavy atom. The van der Waals surface area contributed by atoms with Gasteiger partial charge in [-0.05, 0) is 66.4 Å². The van der Waals surface area contributed by atoms with Crippen molar-refractivity contribution in [3.63, 3.8) is 0 Å². The highest BCUT2D eigenvalue weighted by Gasteiger charge is 2.14. The van der Waals surface area contributed by atoms with Gasteiger partial charge < -0.3 is 5.11 Å². The summed E-state index contributed by atoms with van der Waals surface area (Å²) in [7, 11) is -3.73. The van der Waals surface area contributed by atoms with Crippen molar-refractivity contribution in [3.05, 3.63) is 95.3 Å². The number of allylic oxidation sites excluding steroid dienone is 1. The van der Waals surface area contributed by atoms with Gasteiger partial charge in [0.15, 0.2) is 0 Å². The van der Waals surface area contributed by atoms with Crippen LogP contribution in [0.15, 0.2) is 84.0 Å². The second-order valence-electron chi connectivity index (χ2n) is 6.78. The van der Waals surface area contributed by atoms with E-state index in [2.05, 4.69) is 9.71 Å². The fourth-order valence-electron chi connectivity index (χ4n) is 2.97. The number of hydrogen-bond acceptors (Lipinski definition) is 4. The summed E-state index contributed by atoms with van der Waals surface area (Å²) in [4.78, 5) is 15.0. The van der Waals surface area contributed by atoms with E-state index in [9.17, 15) is 13.2 Å². The van der Waals surface area contributed by atoms with Gasteiger partial charge in [0.25, 0.3) is 10.0 Å². The second-order valence-corrected chi connectivity index (χ2v) is 8.90. The smallest absolute Gasteiger partial charge is 0.303 e. The molecule has 0 atom stereocenters. The molecule has 0 fully saturated rings. The standard InChI is InChI=1S/C23H21ClN2O4S/c24-19-9-13-21(14-10-19)31(29,30)26-20-11-7-17(8-12-20)22(5-1-2-6-23(27)28)18-4-3-15-25-16-18/h3-5,7-16,26H,1-2,6H2,(H,27,28)/b22-5+. The molecule has 0 aliphatic carbocycles. The molecule has 31 heavy (non-hydrogen) atoms. The normalized spacial score (nSPS) is 11.8. The molecule has 3 rings (SSSR count). The zero-order valence-electron chi connectivity index (χ0n) is 16.5. The van der Waals surface area contributed by atoms with Crippen LogP contribution in [0.5, 0.6) is 0 Å². The molecular formula is C23H21ClN2O4S. The first-order valence-electron chi connectivity index (χ1n) is 9.56. The molecule has 0 aliphatic rings. The van der Waals surface area contributed by atoms with Gasteiger partial charge in [-0.25, -0.2) is 8.42 Å². The predicted molar refractivity (Wildman–Crippen MR) is 122 cm³/mol. The third-order valence-corrected chi connectivity index (χ3v) is 6.14. The zero-order valence-corrected chi connectivity index (χ0v) is 18.1. The van der Waals surface area contributed by atoms with Crippen molar-refractivity contribution >= 4 is 38.9 Å². The van der Waals surface area contributed by atoms with E-state index in [1.165, 1.54) is 24.3 Å². The number of carbonyl (C=O) groups is 1. The number of anilines is 1. The quantitative estimate of drug-likeness (QED) is 0.430. The fourth-order valence-corrected chi connectivity index (χ4v) is 4.15. The first-order chi connectivity index (χ1) is 14.8. The average Bonchev–Trinajstić information content (AvgIpc) is 2.75. The summed E-state index contributed by atoms with van der Waals surface area (Å²) in [5.41, 5.74) is 3.10. The van der Waals surface area contributed by atoms with Crippen molar-refractivity contribution in [1.82, 2.24) is 4.98 Å². The van der Waals surface area contributed by atoms with Crippen LogP contribution in [0.3, 0.4) is 0 Å². The highest BCUT2D eigenvalue weighted by Crippen LogP contribution is 2.26. The molecule has 0 radical (unpaired) electrons. The van der Waals surface area contributed by atoms with E-state index in [4.69, 9.17) is 16.7 Å². The summed E-state index contributed by atoms with van der Waals surface area (Å²) in [5.74, 6) is -0.825. The van der Waals surface area contributed by atoms with E-state index in [-0.39, 0.29) is 11.3 Å². The van der Waals surface area contributed by atoms with Crippen molar-refractivity contribution in [3.8, 4) is 0 Å². The van der Waals surface area contributed by atoms with Crippen LogP contribution in [-0.2, 0) is 14.8 Å². The molecule has 1 aromatic heterocycles. The van der Waals surface area contributed by atoms with Crippen LogP contribution in [0, 0.1) is 0 Å². The van der Waals surface area contributed by atoms with Gasteiger partial charge in [0.05, 0.1) is 4.90 Å². The molecule has 160 valence electrons. The molecular weight excluding hydrogens is 436 g/mol. The first-order valence-corrected chi connectivity index (χ1v) is 11.4. The molecule has 0 aliphatic heterocycles. The van der Waals surface area contributed by atoms with Crippen molar-refractivity contribution in [2.45, 2.75) is 24.2 Å². The molecule has 0 bridgehead atoms. The number of aromatic nitrogens is 1. The van der Waals surface area contributed by atoms with Crippen molar-refractivity contribution in [2.75, 3.05) is 4.72 Å². The highest BCUT2D eigenvalue weighted by atomic mass is 35.5. The zero-order chi connectivity index (χ0) is 22.3. The number of pyridine rings is 1. The lowest BCUT2D eigenvalue weighted by Gasteiger charge is -2.11. The molecule has 0 spiro atoms. The number of carboxylic acids is 1. The molecule has 0 saturated carbocycles. The molecule has 6 nitrogen and oxygen atoms in total. The third kappa shape index (κ3) is 6.41. The number of aliphatic carboxylic acids is 1. The van der Waals surface area contributed by atoms with Crippen molar-refractivity contribution in [2.24, 2.45) is 0 Å². The van der Waals surface area contributed by atoms with Crippen LogP contribution < -0.4 is 4.72 Å². The van der Waals surface area contributed by atoms with Crippen molar-refractivity contribution < 1.29 is 18.3 Å². The Labute approximate surface area is 186 Å². The average molecular weight is 457 g/mol. The minimum Gasteiger partial charge on any atom is -0.481 e. The van der Waals surface area contributed by atoms with Gasteiger partial charge in [0.1, 0.15) is 0 Å². The van der Waals surface area contributed by atoms with Gasteiger partial charge >= 0.3 is 5.97 Å². The van der Waals surface area contributed by atoms with E-state index in [0.717, 1.165) is 16.7 Å². The van der Waals surface area contributed by atoms with Crippen LogP contribution in [0.4, 0.5) is 5.69 Å². The van der Waals surface area contributed by atoms with E-state index < -0.39 is 16.0 Å². The van der Waals surface area contributed by atoms with Crippen LogP contribution >= 0.6 is 11.6 Å². The Morgan fingerprint density at radius 2 is 1.74 bits per heavy atom. The Morgan fingerprint density at radius 3 is 2.35 bits per heavy atom. The van der Waals surface area contributed by atoms with Crippen LogP contribution in [0.1, 0.15) is 30.4 Å². The molecule has 1 heterocycles. The number of halogens is 1. The van der Waals surface area contributed by atoms with E-state index in [0.29, 0.717) is 23.6 Å². The molecule has 0 saturated heterocycles. The predicted octanol–water partition coefficient (Wildman–Crippen LogP) is 5.22. The Bertz CT molecular complexity index is 1160. The number of sulfonamides is 1. The fraction of sp³-hybridized carbons (Fsp3) is 0.130. The highest BCUT2D eigenvalue weighted by molar-refractivity contribution is 7.92. The van der Waals surface area contributed by atoms with Crippen LogP contribution in [-0.4, -0.2) is 24.5 Å². The molecule has 2 N–H and O–H groups in total. The lowest BCUT2D eigenvalue weighted by molar-refractivity contribution is -0.137. The molecule has 8 heteroatoms. The third-order valence-electron chi connectivity index (χ3n) is 4.49. The molecule has 0 unspecified atom stereocenters. The second kappa shape index (κ2) is 10.2. The molecule has 2 aromatic carbocycles. The number of benzene rings is 2. The van der Waals surface area contributed by atoms with Gasteiger partial charge in [0.2, 0.25) is 0 Å². The number of unbranched alkanes of at least 4 members (excludes halogenated alkanes) is 1. The number of rotatable bonds is 9. The Balaban J connectivity index is 1.81. The summed E-state index contributed by atoms with van der Waals surface area (Å²) >= 11 is 5.83. The van der Waals surface area contributed by atoms with Gasteiger partial charge in [-0.1, -0.05) is 35.9 Å². The van der Waals surface area contributed by atoms with Crippen molar-refractivity contribution in [1.29, 1.82) is 0 Å². The summed E-state index contributed by atoms with van der Waals surface area (Å²) in [6.45, 7) is 0. The number of nitrogens with zero attached hydrogens (tertiary/aromatic N) is 1. The maximum absolute atomic E-state index is 12.6. The maximum Gasteiger partial charge on any atom is 0.303 e. The number of hydrogen-bond donors (Lipinski definition) is 2. The van der Waals surface area contributed by atoms with Crippen LogP contribution in [0.25, 0.3) is 5.57 Å². The Kier molecular flexibility index (Phi) is 7.44. The van der Waals surface area contributed by atoms with Gasteiger partial charge in [-0.15, -0.1) is 0 Å². The molecule has 0 amide bonds. The summed E-state index contributed by atoms with van der Waals surface area (Å²) in [6.07, 6.45) is 6.62. The summed E-state index contributed by atoms with van der Waals surface area (Å²) in [6, 6.07) is 16.7. The minimum absolute atomic E-state index is 0.0994. The number of carboxylic acid groups (broad SMARTS) is 1. The SMILES string of the molecule is O=C(O)CCC/C=C(\c1ccc(NS(=O)(=O)c2ccc(Cl)cc2)cc1)c1cccnc1. The van der Waals surface area contributed by atoms with Gasteiger partial charge in [-0.3, -0.25) is 14.5 Å². The monoisotopic (exact) mass is 456 g/mol. The topological polar surface area (TPSA) is 96.4 Å². The largest absolute Gasteiger partial charge is 0.481 e. The van der Waals surface area contributed by atoms with E-state index >= 15 is 0 Å². The molecule has 3 aromatic rings. The first kappa shape index (κ1) is 22.5. The van der Waals surface area contributed by atoms with Gasteiger partial charge in [-0.2, -0.15) is 0 Å². The minimum atomic E-state index is -3.73. The maximum atomic E-state index is 12.6. The number of nitrogens with one attached hydrogen (secondary N) is 1. The summed E-state index contributed by atoms with van der Waals surface area (Å²) in [5, 5.41) is 9.30.